The number of benzene rings is 1. The first kappa shape index (κ1) is 17.2. The van der Waals surface area contributed by atoms with Crippen LogP contribution in [-0.2, 0) is 0 Å². The zero-order chi connectivity index (χ0) is 10.4. The molecule has 1 aromatic carbocycles. The lowest BCUT2D eigenvalue weighted by Crippen LogP contribution is -3.00. The van der Waals surface area contributed by atoms with E-state index >= 15 is 0 Å². The van der Waals surface area contributed by atoms with E-state index in [0.717, 1.165) is 5.56 Å². The Labute approximate surface area is 122 Å². The van der Waals surface area contributed by atoms with E-state index in [4.69, 9.17) is 0 Å². The Morgan fingerprint density at radius 2 is 1.93 bits per heavy atom. The van der Waals surface area contributed by atoms with Gasteiger partial charge in [0.15, 0.2) is 0 Å². The van der Waals surface area contributed by atoms with Gasteiger partial charge in [0.25, 0.3) is 0 Å². The molecule has 0 bridgehead atoms. The summed E-state index contributed by atoms with van der Waals surface area (Å²) >= 11 is 4.24. The summed E-state index contributed by atoms with van der Waals surface area (Å²) < 4.78 is 0. The SMILES string of the molecule is Cc1cccc([N+](=O)[O-])c1[NH3+].II.[I-]. The number of nitro groups is 1. The highest BCUT2D eigenvalue weighted by Crippen LogP contribution is 2.21. The minimum atomic E-state index is -0.421. The van der Waals surface area contributed by atoms with Crippen LogP contribution in [0, 0.1) is 17.0 Å². The number of hydrogen-bond donors (Lipinski definition) is 1. The van der Waals surface area contributed by atoms with Crippen LogP contribution in [-0.4, -0.2) is 4.92 Å². The first-order chi connectivity index (χ1) is 6.13. The third-order valence-electron chi connectivity index (χ3n) is 1.58. The second-order valence-corrected chi connectivity index (χ2v) is 2.33. The van der Waals surface area contributed by atoms with Gasteiger partial charge in [-0.15, -0.1) is 0 Å². The van der Waals surface area contributed by atoms with Crippen LogP contribution >= 0.6 is 37.2 Å². The third-order valence-corrected chi connectivity index (χ3v) is 1.58. The maximum atomic E-state index is 10.3. The smallest absolute Gasteiger partial charge is 0.329 e. The van der Waals surface area contributed by atoms with Crippen LogP contribution in [0.5, 0.6) is 0 Å². The van der Waals surface area contributed by atoms with Gasteiger partial charge < -0.3 is 29.7 Å². The Hall–Kier alpha value is 0.770. The highest BCUT2D eigenvalue weighted by molar-refractivity contribution is 15.0. The van der Waals surface area contributed by atoms with Crippen LogP contribution in [0.25, 0.3) is 0 Å². The van der Waals surface area contributed by atoms with Crippen LogP contribution < -0.4 is 29.7 Å². The van der Waals surface area contributed by atoms with Crippen molar-refractivity contribution in [3.63, 3.8) is 0 Å². The minimum absolute atomic E-state index is 0. The van der Waals surface area contributed by atoms with E-state index in [2.05, 4.69) is 43.0 Å². The molecule has 7 heteroatoms. The number of aryl methyl sites for hydroxylation is 1. The maximum absolute atomic E-state index is 10.3. The van der Waals surface area contributed by atoms with E-state index in [1.807, 2.05) is 0 Å². The number of rotatable bonds is 1. The molecule has 0 saturated carbocycles. The van der Waals surface area contributed by atoms with E-state index in [9.17, 15) is 10.1 Å². The van der Waals surface area contributed by atoms with Gasteiger partial charge in [-0.05, 0) is 6.92 Å². The van der Waals surface area contributed by atoms with Gasteiger partial charge in [0.1, 0.15) is 0 Å². The van der Waals surface area contributed by atoms with Crippen LogP contribution in [0.1, 0.15) is 5.56 Å². The zero-order valence-corrected chi connectivity index (χ0v) is 13.8. The fourth-order valence-corrected chi connectivity index (χ4v) is 0.858. The monoisotopic (exact) mass is 534 g/mol. The summed E-state index contributed by atoms with van der Waals surface area (Å²) in [6, 6.07) is 4.91. The quantitative estimate of drug-likeness (QED) is 0.302. The molecule has 0 unspecified atom stereocenters. The summed E-state index contributed by atoms with van der Waals surface area (Å²) in [5.74, 6) is 0. The summed E-state index contributed by atoms with van der Waals surface area (Å²) in [5.41, 5.74) is 5.03. The van der Waals surface area contributed by atoms with E-state index in [1.54, 1.807) is 19.1 Å². The van der Waals surface area contributed by atoms with Crippen LogP contribution in [0.4, 0.5) is 11.4 Å². The number of halogens is 3. The molecular formula is C7H9I3N2O2. The van der Waals surface area contributed by atoms with Gasteiger partial charge in [-0.1, -0.05) is 12.1 Å². The van der Waals surface area contributed by atoms with Crippen molar-refractivity contribution in [3.05, 3.63) is 33.9 Å². The minimum Gasteiger partial charge on any atom is -1.00 e. The average molecular weight is 534 g/mol. The molecule has 0 atom stereocenters. The number of hydrogen-bond acceptors (Lipinski definition) is 2. The van der Waals surface area contributed by atoms with Crippen molar-refractivity contribution in [3.8, 4) is 0 Å². The lowest BCUT2D eigenvalue weighted by molar-refractivity contribution is -0.395. The first-order valence-electron chi connectivity index (χ1n) is 3.33. The second kappa shape index (κ2) is 9.03. The molecule has 80 valence electrons. The normalized spacial score (nSPS) is 8.00. The molecule has 0 heterocycles. The predicted octanol–water partition coefficient (Wildman–Crippen LogP) is -0.448. The topological polar surface area (TPSA) is 70.8 Å². The highest BCUT2D eigenvalue weighted by Gasteiger charge is 2.14. The van der Waals surface area contributed by atoms with Gasteiger partial charge in [0, 0.05) is 48.9 Å². The predicted molar refractivity (Wildman–Crippen MR) is 68.4 cm³/mol. The van der Waals surface area contributed by atoms with Gasteiger partial charge in [0.05, 0.1) is 4.92 Å². The van der Waals surface area contributed by atoms with Crippen LogP contribution in [0.2, 0.25) is 0 Å². The molecule has 0 spiro atoms. The lowest BCUT2D eigenvalue weighted by Gasteiger charge is -1.94. The molecule has 0 aromatic heterocycles. The van der Waals surface area contributed by atoms with Crippen molar-refractivity contribution >= 4 is 48.6 Å². The molecule has 1 aromatic rings. The fourth-order valence-electron chi connectivity index (χ4n) is 0.858. The van der Waals surface area contributed by atoms with Crippen molar-refractivity contribution < 1.29 is 34.6 Å². The molecule has 1 rings (SSSR count). The number of nitro benzene ring substituents is 1. The number of quaternary nitrogens is 1. The summed E-state index contributed by atoms with van der Waals surface area (Å²) in [4.78, 5) is 9.92. The molecule has 0 fully saturated rings. The lowest BCUT2D eigenvalue weighted by atomic mass is 10.2. The molecule has 0 aliphatic carbocycles. The fraction of sp³-hybridized carbons (Fsp3) is 0.143. The molecular weight excluding hydrogens is 525 g/mol. The Morgan fingerprint density at radius 3 is 2.29 bits per heavy atom. The van der Waals surface area contributed by atoms with Gasteiger partial charge in [-0.2, -0.15) is 0 Å². The van der Waals surface area contributed by atoms with E-state index in [0.29, 0.717) is 5.69 Å². The molecule has 0 aliphatic rings. The van der Waals surface area contributed by atoms with Crippen molar-refractivity contribution in [2.75, 3.05) is 0 Å². The molecule has 4 nitrogen and oxygen atoms in total. The molecule has 0 saturated heterocycles. The molecule has 3 N–H and O–H groups in total. The average Bonchev–Trinajstić information content (AvgIpc) is 2.13. The maximum Gasteiger partial charge on any atom is 0.329 e. The first-order valence-corrected chi connectivity index (χ1v) is 9.61. The third kappa shape index (κ3) is 5.02. The molecule has 0 radical (unpaired) electrons. The summed E-state index contributed by atoms with van der Waals surface area (Å²) in [6.07, 6.45) is 0. The summed E-state index contributed by atoms with van der Waals surface area (Å²) in [6.45, 7) is 1.80. The number of nitrogens with zero attached hydrogens (tertiary/aromatic N) is 1. The Morgan fingerprint density at radius 1 is 1.43 bits per heavy atom. The zero-order valence-electron chi connectivity index (χ0n) is 7.34. The molecule has 14 heavy (non-hydrogen) atoms. The van der Waals surface area contributed by atoms with E-state index in [-0.39, 0.29) is 29.7 Å². The van der Waals surface area contributed by atoms with Crippen molar-refractivity contribution in [1.29, 1.82) is 0 Å². The summed E-state index contributed by atoms with van der Waals surface area (Å²) in [7, 11) is 0. The molecule has 0 aliphatic heterocycles. The van der Waals surface area contributed by atoms with Crippen LogP contribution in [0.15, 0.2) is 18.2 Å². The Bertz CT molecular complexity index is 307. The summed E-state index contributed by atoms with van der Waals surface area (Å²) in [5, 5.41) is 10.3. The van der Waals surface area contributed by atoms with Crippen molar-refractivity contribution in [2.45, 2.75) is 6.92 Å². The van der Waals surface area contributed by atoms with Crippen LogP contribution in [0.3, 0.4) is 0 Å². The van der Waals surface area contributed by atoms with E-state index < -0.39 is 4.92 Å². The van der Waals surface area contributed by atoms with Gasteiger partial charge >= 0.3 is 5.69 Å². The van der Waals surface area contributed by atoms with E-state index in [1.165, 1.54) is 6.07 Å². The second-order valence-electron chi connectivity index (χ2n) is 2.33. The Kier molecular flexibility index (Phi) is 11.1. The van der Waals surface area contributed by atoms with Gasteiger partial charge in [0.2, 0.25) is 5.69 Å². The Balaban J connectivity index is 0. The molecule has 0 amide bonds. The largest absolute Gasteiger partial charge is 1.00 e. The van der Waals surface area contributed by atoms with Crippen molar-refractivity contribution in [1.82, 2.24) is 0 Å². The standard InChI is InChI=1S/C7H8N2O2.I2.HI/c1-5-3-2-4-6(7(5)8)9(10)11;1-2;/h2-4H,8H2,1H3;;1H. The van der Waals surface area contributed by atoms with Crippen molar-refractivity contribution in [2.24, 2.45) is 0 Å². The highest BCUT2D eigenvalue weighted by atomic mass is 128. The van der Waals surface area contributed by atoms with Gasteiger partial charge in [-0.25, -0.2) is 0 Å². The van der Waals surface area contributed by atoms with Gasteiger partial charge in [-0.3, -0.25) is 10.1 Å².